The minimum absolute atomic E-state index is 0.129. The first-order valence-corrected chi connectivity index (χ1v) is 10.6. The molecular weight excluding hydrogens is 392 g/mol. The zero-order chi connectivity index (χ0) is 21.2. The monoisotopic (exact) mass is 416 g/mol. The maximum Gasteiger partial charge on any atom is 0.294 e. The second-order valence-corrected chi connectivity index (χ2v) is 7.80. The van der Waals surface area contributed by atoms with Gasteiger partial charge in [0.15, 0.2) is 5.82 Å². The summed E-state index contributed by atoms with van der Waals surface area (Å²) in [6.07, 6.45) is 2.34. The van der Waals surface area contributed by atoms with E-state index in [1.807, 2.05) is 53.4 Å². The highest BCUT2D eigenvalue weighted by Gasteiger charge is 2.20. The Morgan fingerprint density at radius 3 is 2.55 bits per heavy atom. The second-order valence-electron chi connectivity index (χ2n) is 7.80. The van der Waals surface area contributed by atoms with Gasteiger partial charge in [-0.05, 0) is 37.1 Å². The number of nitrogens with zero attached hydrogens (tertiary/aromatic N) is 4. The summed E-state index contributed by atoms with van der Waals surface area (Å²) in [4.78, 5) is 40.0. The van der Waals surface area contributed by atoms with Crippen LogP contribution < -0.4 is 15.8 Å². The fourth-order valence-electron chi connectivity index (χ4n) is 4.11. The molecular formula is C23H24N6O2. The summed E-state index contributed by atoms with van der Waals surface area (Å²) in [6.45, 7) is 2.31. The molecule has 2 N–H and O–H groups in total. The largest absolute Gasteiger partial charge is 0.352 e. The van der Waals surface area contributed by atoms with Gasteiger partial charge in [0.05, 0.1) is 28.6 Å². The van der Waals surface area contributed by atoms with E-state index in [1.54, 1.807) is 4.57 Å². The van der Waals surface area contributed by atoms with Crippen molar-refractivity contribution < 1.29 is 4.79 Å². The van der Waals surface area contributed by atoms with Crippen LogP contribution >= 0.6 is 0 Å². The zero-order valence-electron chi connectivity index (χ0n) is 17.2. The first kappa shape index (κ1) is 19.3. The number of fused-ring (bicyclic) bond motifs is 2. The molecule has 158 valence electrons. The Bertz CT molecular complexity index is 1270. The van der Waals surface area contributed by atoms with Crippen LogP contribution in [-0.4, -0.2) is 38.5 Å². The number of nitrogens with one attached hydrogen (secondary N) is 2. The third-order valence-corrected chi connectivity index (χ3v) is 5.69. The number of aromatic nitrogens is 4. The van der Waals surface area contributed by atoms with E-state index in [9.17, 15) is 9.59 Å². The lowest BCUT2D eigenvalue weighted by atomic mass is 10.2. The fourth-order valence-corrected chi connectivity index (χ4v) is 4.11. The molecule has 1 aliphatic rings. The molecule has 1 aliphatic heterocycles. The van der Waals surface area contributed by atoms with Crippen LogP contribution in [-0.2, 0) is 17.9 Å². The lowest BCUT2D eigenvalue weighted by Crippen LogP contribution is -2.33. The van der Waals surface area contributed by atoms with E-state index in [1.165, 1.54) is 0 Å². The number of aryl methyl sites for hydroxylation is 1. The van der Waals surface area contributed by atoms with Crippen LogP contribution in [0.1, 0.15) is 25.1 Å². The van der Waals surface area contributed by atoms with E-state index in [0.29, 0.717) is 24.7 Å². The number of amides is 1. The fraction of sp³-hybridized carbons (Fsp3) is 0.304. The number of rotatable bonds is 6. The molecule has 5 rings (SSSR count). The number of carbonyl (C=O) groups is 1. The molecule has 0 aliphatic carbocycles. The Morgan fingerprint density at radius 1 is 1.00 bits per heavy atom. The number of H-pyrrole nitrogens is 1. The summed E-state index contributed by atoms with van der Waals surface area (Å²) < 4.78 is 1.68. The third kappa shape index (κ3) is 3.88. The molecule has 31 heavy (non-hydrogen) atoms. The van der Waals surface area contributed by atoms with Gasteiger partial charge >= 0.3 is 0 Å². The second kappa shape index (κ2) is 8.22. The van der Waals surface area contributed by atoms with E-state index in [0.717, 1.165) is 48.0 Å². The van der Waals surface area contributed by atoms with Gasteiger partial charge in [0.2, 0.25) is 5.91 Å². The zero-order valence-corrected chi connectivity index (χ0v) is 17.2. The van der Waals surface area contributed by atoms with Gasteiger partial charge in [0, 0.05) is 26.1 Å². The summed E-state index contributed by atoms with van der Waals surface area (Å²) in [5.74, 6) is 1.06. The smallest absolute Gasteiger partial charge is 0.294 e. The van der Waals surface area contributed by atoms with Crippen molar-refractivity contribution in [2.24, 2.45) is 0 Å². The lowest BCUT2D eigenvalue weighted by molar-refractivity contribution is -0.121. The van der Waals surface area contributed by atoms with E-state index in [4.69, 9.17) is 0 Å². The van der Waals surface area contributed by atoms with Crippen molar-refractivity contribution in [1.29, 1.82) is 0 Å². The third-order valence-electron chi connectivity index (χ3n) is 5.69. The van der Waals surface area contributed by atoms with E-state index < -0.39 is 0 Å². The molecule has 2 aromatic heterocycles. The van der Waals surface area contributed by atoms with Crippen LogP contribution in [0.2, 0.25) is 0 Å². The van der Waals surface area contributed by atoms with Crippen LogP contribution in [0.25, 0.3) is 22.1 Å². The highest BCUT2D eigenvalue weighted by Crippen LogP contribution is 2.18. The summed E-state index contributed by atoms with van der Waals surface area (Å²) in [6, 6.07) is 15.3. The van der Waals surface area contributed by atoms with Gasteiger partial charge in [-0.25, -0.2) is 9.97 Å². The maximum atomic E-state index is 13.2. The van der Waals surface area contributed by atoms with E-state index >= 15 is 0 Å². The molecule has 0 saturated carbocycles. The van der Waals surface area contributed by atoms with Crippen LogP contribution in [0.3, 0.4) is 0 Å². The van der Waals surface area contributed by atoms with Crippen LogP contribution in [0.15, 0.2) is 53.3 Å². The molecule has 1 saturated heterocycles. The number of hydrogen-bond donors (Lipinski definition) is 2. The van der Waals surface area contributed by atoms with Crippen molar-refractivity contribution in [3.8, 4) is 0 Å². The van der Waals surface area contributed by atoms with Crippen molar-refractivity contribution in [2.75, 3.05) is 18.0 Å². The number of carbonyl (C=O) groups excluding carboxylic acids is 1. The van der Waals surface area contributed by atoms with E-state index in [2.05, 4.69) is 20.3 Å². The highest BCUT2D eigenvalue weighted by atomic mass is 16.2. The van der Waals surface area contributed by atoms with Gasteiger partial charge in [0.1, 0.15) is 5.82 Å². The highest BCUT2D eigenvalue weighted by molar-refractivity contribution is 5.78. The minimum atomic E-state index is -0.134. The average molecular weight is 416 g/mol. The van der Waals surface area contributed by atoms with Crippen molar-refractivity contribution in [2.45, 2.75) is 32.4 Å². The first-order chi connectivity index (χ1) is 15.2. The number of imidazole rings is 1. The standard InChI is InChI=1S/C23H24N6O2/c30-21(24-15-20-25-16-7-1-2-8-17(16)26-20)11-14-29-19-10-4-3-9-18(19)27-22(23(29)31)28-12-5-6-13-28/h1-4,7-10H,5-6,11-15H2,(H,24,30)(H,25,26). The normalized spacial score (nSPS) is 13.9. The molecule has 0 radical (unpaired) electrons. The molecule has 3 heterocycles. The SMILES string of the molecule is O=C(CCn1c(=O)c(N2CCCC2)nc2ccccc21)NCc1nc2ccccc2[nH]1. The lowest BCUT2D eigenvalue weighted by Gasteiger charge is -2.19. The predicted octanol–water partition coefficient (Wildman–Crippen LogP) is 2.58. The molecule has 8 nitrogen and oxygen atoms in total. The Balaban J connectivity index is 1.32. The van der Waals surface area contributed by atoms with Crippen LogP contribution in [0, 0.1) is 0 Å². The number of hydrogen-bond acceptors (Lipinski definition) is 5. The van der Waals surface area contributed by atoms with Crippen LogP contribution in [0.4, 0.5) is 5.82 Å². The van der Waals surface area contributed by atoms with Gasteiger partial charge < -0.3 is 19.8 Å². The molecule has 1 fully saturated rings. The quantitative estimate of drug-likeness (QED) is 0.504. The first-order valence-electron chi connectivity index (χ1n) is 10.6. The number of aromatic amines is 1. The van der Waals surface area contributed by atoms with Gasteiger partial charge in [0.25, 0.3) is 5.56 Å². The van der Waals surface area contributed by atoms with Gasteiger partial charge in [-0.1, -0.05) is 24.3 Å². The number of para-hydroxylation sites is 4. The minimum Gasteiger partial charge on any atom is -0.352 e. The maximum absolute atomic E-state index is 13.2. The van der Waals surface area contributed by atoms with Crippen molar-refractivity contribution >= 4 is 33.8 Å². The molecule has 0 bridgehead atoms. The topological polar surface area (TPSA) is 95.9 Å². The Kier molecular flexibility index (Phi) is 5.11. The molecule has 2 aromatic carbocycles. The Morgan fingerprint density at radius 2 is 1.74 bits per heavy atom. The summed E-state index contributed by atoms with van der Waals surface area (Å²) in [5, 5.41) is 2.89. The Hall–Kier alpha value is -3.68. The average Bonchev–Trinajstić information content (AvgIpc) is 3.46. The summed E-state index contributed by atoms with van der Waals surface area (Å²) >= 11 is 0. The van der Waals surface area contributed by atoms with Crippen LogP contribution in [0.5, 0.6) is 0 Å². The molecule has 4 aromatic rings. The molecule has 0 spiro atoms. The predicted molar refractivity (Wildman–Crippen MR) is 120 cm³/mol. The van der Waals surface area contributed by atoms with Gasteiger partial charge in [-0.2, -0.15) is 0 Å². The molecule has 0 unspecified atom stereocenters. The Labute approximate surface area is 178 Å². The molecule has 0 atom stereocenters. The summed E-state index contributed by atoms with van der Waals surface area (Å²) in [7, 11) is 0. The summed E-state index contributed by atoms with van der Waals surface area (Å²) in [5.41, 5.74) is 3.20. The van der Waals surface area contributed by atoms with Gasteiger partial charge in [-0.3, -0.25) is 9.59 Å². The number of anilines is 1. The van der Waals surface area contributed by atoms with Crippen molar-refractivity contribution in [1.82, 2.24) is 24.8 Å². The van der Waals surface area contributed by atoms with Crippen molar-refractivity contribution in [3.63, 3.8) is 0 Å². The van der Waals surface area contributed by atoms with Crippen molar-refractivity contribution in [3.05, 3.63) is 64.7 Å². The number of benzene rings is 2. The van der Waals surface area contributed by atoms with E-state index in [-0.39, 0.29) is 17.9 Å². The molecule has 8 heteroatoms. The molecule has 1 amide bonds. The van der Waals surface area contributed by atoms with Gasteiger partial charge in [-0.15, -0.1) is 0 Å².